The first-order valence-corrected chi connectivity index (χ1v) is 15.3. The Kier molecular flexibility index (Phi) is 14.0. The predicted octanol–water partition coefficient (Wildman–Crippen LogP) is 3.90. The van der Waals surface area contributed by atoms with E-state index >= 15 is 0 Å². The number of nitrogens with two attached hydrogens (primary N) is 1. The number of hydrogen-bond donors (Lipinski definition) is 3. The molecule has 0 saturated heterocycles. The lowest BCUT2D eigenvalue weighted by Gasteiger charge is -2.32. The third kappa shape index (κ3) is 10.9. The maximum atomic E-state index is 12.8. The van der Waals surface area contributed by atoms with Gasteiger partial charge in [-0.15, -0.1) is 0 Å². The van der Waals surface area contributed by atoms with Gasteiger partial charge in [-0.05, 0) is 40.5 Å². The Labute approximate surface area is 233 Å². The maximum absolute atomic E-state index is 12.8. The molecule has 2 heterocycles. The number of carbonyl (C=O) groups excluding carboxylic acids is 2. The van der Waals surface area contributed by atoms with E-state index in [1.54, 1.807) is 27.1 Å². The fourth-order valence-electron chi connectivity index (χ4n) is 3.68. The maximum Gasteiger partial charge on any atom is 0.326 e. The second-order valence-corrected chi connectivity index (χ2v) is 11.8. The van der Waals surface area contributed by atoms with Gasteiger partial charge in [0.2, 0.25) is 0 Å². The number of imidazole rings is 1. The van der Waals surface area contributed by atoms with Gasteiger partial charge < -0.3 is 24.5 Å². The van der Waals surface area contributed by atoms with E-state index in [0.717, 1.165) is 38.5 Å². The lowest BCUT2D eigenvalue weighted by Crippen LogP contribution is -2.49. The number of carbonyl (C=O) groups is 2. The lowest BCUT2D eigenvalue weighted by atomic mass is 10.1. The summed E-state index contributed by atoms with van der Waals surface area (Å²) in [5, 5.41) is 6.62. The Bertz CT molecular complexity index is 1040. The molecule has 0 aliphatic rings. The molecule has 0 saturated carbocycles. The molecule has 1 unspecified atom stereocenters. The molecule has 0 fully saturated rings. The van der Waals surface area contributed by atoms with Crippen molar-refractivity contribution in [1.82, 2.24) is 29.7 Å². The molecule has 2 rings (SSSR count). The van der Waals surface area contributed by atoms with Crippen molar-refractivity contribution < 1.29 is 23.8 Å². The zero-order valence-electron chi connectivity index (χ0n) is 24.2. The summed E-state index contributed by atoms with van der Waals surface area (Å²) < 4.78 is 18.9. The highest BCUT2D eigenvalue weighted by atomic mass is 31.1. The van der Waals surface area contributed by atoms with Gasteiger partial charge in [-0.3, -0.25) is 19.8 Å². The van der Waals surface area contributed by atoms with Gasteiger partial charge in [0.15, 0.2) is 11.5 Å². The largest absolute Gasteiger partial charge is 0.465 e. The van der Waals surface area contributed by atoms with E-state index in [1.165, 1.54) is 6.33 Å². The van der Waals surface area contributed by atoms with E-state index in [9.17, 15) is 9.59 Å². The number of nitrogens with zero attached hydrogens (tertiary/aromatic N) is 4. The summed E-state index contributed by atoms with van der Waals surface area (Å²) in [5.74, 6) is -0.364. The summed E-state index contributed by atoms with van der Waals surface area (Å²) in [4.78, 5) is 38.0. The smallest absolute Gasteiger partial charge is 0.326 e. The summed E-state index contributed by atoms with van der Waals surface area (Å²) in [6, 6.07) is -0.585. The highest BCUT2D eigenvalue weighted by molar-refractivity contribution is 7.53. The van der Waals surface area contributed by atoms with E-state index in [4.69, 9.17) is 19.9 Å². The van der Waals surface area contributed by atoms with Crippen LogP contribution in [0.5, 0.6) is 0 Å². The first-order valence-electron chi connectivity index (χ1n) is 13.8. The number of anilines is 1. The minimum Gasteiger partial charge on any atom is -0.465 e. The quantitative estimate of drug-likeness (QED) is 0.129. The number of nitrogen functional groups attached to an aromatic ring is 1. The number of ether oxygens (including phenoxy) is 3. The zero-order chi connectivity index (χ0) is 28.8. The van der Waals surface area contributed by atoms with Crippen molar-refractivity contribution in [2.24, 2.45) is 0 Å². The zero-order valence-corrected chi connectivity index (χ0v) is 25.1. The summed E-state index contributed by atoms with van der Waals surface area (Å²) >= 11 is 0. The van der Waals surface area contributed by atoms with Crippen molar-refractivity contribution in [3.05, 3.63) is 12.7 Å². The molecule has 0 aromatic carbocycles. The molecule has 220 valence electrons. The van der Waals surface area contributed by atoms with Crippen molar-refractivity contribution >= 4 is 37.1 Å². The Morgan fingerprint density at radius 3 is 2.38 bits per heavy atom. The predicted molar refractivity (Wildman–Crippen MR) is 153 cm³/mol. The van der Waals surface area contributed by atoms with E-state index in [-0.39, 0.29) is 24.4 Å². The summed E-state index contributed by atoms with van der Waals surface area (Å²) in [5.41, 5.74) is 6.08. The third-order valence-corrected chi connectivity index (χ3v) is 7.91. The van der Waals surface area contributed by atoms with Gasteiger partial charge in [-0.25, -0.2) is 15.0 Å². The molecular weight excluding hydrogens is 521 g/mol. The van der Waals surface area contributed by atoms with Crippen LogP contribution >= 0.6 is 8.22 Å². The molecule has 4 N–H and O–H groups in total. The molecule has 39 heavy (non-hydrogen) atoms. The highest BCUT2D eigenvalue weighted by Crippen LogP contribution is 2.31. The second kappa shape index (κ2) is 16.6. The number of esters is 2. The van der Waals surface area contributed by atoms with Gasteiger partial charge in [-0.1, -0.05) is 39.5 Å². The summed E-state index contributed by atoms with van der Waals surface area (Å²) in [6.45, 7) is 12.7. The Hall–Kier alpha value is -2.40. The minimum absolute atomic E-state index is 0.229. The molecule has 0 radical (unpaired) electrons. The monoisotopic (exact) mass is 567 g/mol. The molecule has 2 aromatic heterocycles. The molecule has 13 heteroatoms. The van der Waals surface area contributed by atoms with Crippen LogP contribution in [0.3, 0.4) is 0 Å². The fourth-order valence-corrected chi connectivity index (χ4v) is 5.63. The van der Waals surface area contributed by atoms with Gasteiger partial charge in [0, 0.05) is 0 Å². The standard InChI is InChI=1S/C26H46N7O5P/c1-7-9-11-13-36-24(34)20(4)31-39(32-26(5,6)25(35)37-14-12-10-8-2)18-38-19(3)15-33-17-30-21-22(27)28-16-29-23(21)33/h16-17,19-20,31-32H,7-15,18H2,1-6H3,(H2,27,28,29)/t19-,20-,39?/m1/s1. The number of nitrogens with one attached hydrogen (secondary N) is 2. The molecule has 3 atom stereocenters. The number of aromatic nitrogens is 4. The number of unbranched alkanes of at least 4 members (excludes halogenated alkanes) is 4. The Balaban J connectivity index is 2.03. The summed E-state index contributed by atoms with van der Waals surface area (Å²) in [7, 11) is -1.33. The fraction of sp³-hybridized carbons (Fsp3) is 0.731. The third-order valence-electron chi connectivity index (χ3n) is 5.97. The van der Waals surface area contributed by atoms with Crippen LogP contribution in [0.1, 0.15) is 80.1 Å². The number of rotatable bonds is 19. The van der Waals surface area contributed by atoms with Gasteiger partial charge in [-0.2, -0.15) is 0 Å². The Morgan fingerprint density at radius 2 is 1.72 bits per heavy atom. The molecule has 0 spiro atoms. The van der Waals surface area contributed by atoms with Crippen LogP contribution in [0, 0.1) is 0 Å². The van der Waals surface area contributed by atoms with E-state index in [0.29, 0.717) is 36.7 Å². The molecular formula is C26H46N7O5P. The summed E-state index contributed by atoms with van der Waals surface area (Å²) in [6.07, 6.45) is 8.83. The van der Waals surface area contributed by atoms with E-state index in [1.807, 2.05) is 11.5 Å². The van der Waals surface area contributed by atoms with Crippen LogP contribution in [-0.2, 0) is 30.3 Å². The second-order valence-electron chi connectivity index (χ2n) is 10.2. The van der Waals surface area contributed by atoms with Gasteiger partial charge >= 0.3 is 11.9 Å². The van der Waals surface area contributed by atoms with Crippen LogP contribution in [0.2, 0.25) is 0 Å². The lowest BCUT2D eigenvalue weighted by molar-refractivity contribution is -0.149. The Morgan fingerprint density at radius 1 is 1.05 bits per heavy atom. The minimum atomic E-state index is -1.33. The van der Waals surface area contributed by atoms with Crippen molar-refractivity contribution in [2.45, 2.75) is 104 Å². The topological polar surface area (TPSA) is 156 Å². The molecule has 2 aromatic rings. The van der Waals surface area contributed by atoms with Crippen LogP contribution in [-0.4, -0.2) is 68.7 Å². The van der Waals surface area contributed by atoms with Crippen LogP contribution in [0.4, 0.5) is 5.82 Å². The molecule has 0 bridgehead atoms. The molecule has 0 amide bonds. The van der Waals surface area contributed by atoms with Crippen LogP contribution in [0.25, 0.3) is 11.2 Å². The molecule has 12 nitrogen and oxygen atoms in total. The van der Waals surface area contributed by atoms with Crippen molar-refractivity contribution in [3.8, 4) is 0 Å². The average Bonchev–Trinajstić information content (AvgIpc) is 3.31. The van der Waals surface area contributed by atoms with Gasteiger partial charge in [0.25, 0.3) is 0 Å². The number of hydrogen-bond acceptors (Lipinski definition) is 11. The van der Waals surface area contributed by atoms with Crippen molar-refractivity contribution in [2.75, 3.05) is 25.3 Å². The van der Waals surface area contributed by atoms with Crippen LogP contribution < -0.4 is 15.9 Å². The normalized spacial score (nSPS) is 14.2. The van der Waals surface area contributed by atoms with Crippen molar-refractivity contribution in [3.63, 3.8) is 0 Å². The van der Waals surface area contributed by atoms with E-state index < -0.39 is 19.8 Å². The SMILES string of the molecule is CCCCCOC(=O)[C@@H](C)NP(CO[C@H](C)Cn1cnc2c(N)ncnc21)NC(C)(C)C(=O)OCCCCC. The highest BCUT2D eigenvalue weighted by Gasteiger charge is 2.33. The van der Waals surface area contributed by atoms with Crippen LogP contribution in [0.15, 0.2) is 12.7 Å². The molecule has 0 aliphatic heterocycles. The number of fused-ring (bicyclic) bond motifs is 1. The van der Waals surface area contributed by atoms with Gasteiger partial charge in [0.05, 0.1) is 46.8 Å². The first-order chi connectivity index (χ1) is 18.6. The molecule has 0 aliphatic carbocycles. The first kappa shape index (κ1) is 32.8. The van der Waals surface area contributed by atoms with Gasteiger partial charge in [0.1, 0.15) is 23.4 Å². The van der Waals surface area contributed by atoms with E-state index in [2.05, 4.69) is 39.0 Å². The van der Waals surface area contributed by atoms with Crippen molar-refractivity contribution in [1.29, 1.82) is 0 Å². The average molecular weight is 568 g/mol.